The van der Waals surface area contributed by atoms with Gasteiger partial charge in [-0.1, -0.05) is 6.92 Å². The summed E-state index contributed by atoms with van der Waals surface area (Å²) in [5.41, 5.74) is -0.0178. The van der Waals surface area contributed by atoms with Crippen LogP contribution in [0.25, 0.3) is 0 Å². The van der Waals surface area contributed by atoms with Crippen LogP contribution in [0.2, 0.25) is 0 Å². The van der Waals surface area contributed by atoms with Gasteiger partial charge in [-0.15, -0.1) is 0 Å². The molecule has 1 aromatic heterocycles. The van der Waals surface area contributed by atoms with Gasteiger partial charge in [0.2, 0.25) is 0 Å². The molecule has 4 rings (SSSR count). The van der Waals surface area contributed by atoms with Crippen LogP contribution in [0.1, 0.15) is 6.92 Å². The molecule has 6 heteroatoms. The van der Waals surface area contributed by atoms with Crippen molar-refractivity contribution in [3.8, 4) is 0 Å². The molecular formula is C8H11BNO4-. The molecule has 0 spiro atoms. The molecule has 2 bridgehead atoms. The number of hydrogen-bond acceptors (Lipinski definition) is 5. The molecule has 3 saturated heterocycles. The van der Waals surface area contributed by atoms with Crippen LogP contribution in [-0.4, -0.2) is 31.6 Å². The maximum absolute atomic E-state index is 5.57. The van der Waals surface area contributed by atoms with Crippen LogP contribution in [-0.2, 0) is 14.0 Å². The van der Waals surface area contributed by atoms with Crippen LogP contribution < -0.4 is 5.79 Å². The largest absolute Gasteiger partial charge is 0.537 e. The van der Waals surface area contributed by atoms with E-state index in [4.69, 9.17) is 18.4 Å². The molecule has 76 valence electrons. The van der Waals surface area contributed by atoms with Gasteiger partial charge in [-0.3, -0.25) is 4.98 Å². The zero-order valence-corrected chi connectivity index (χ0v) is 7.93. The van der Waals surface area contributed by atoms with E-state index in [1.54, 1.807) is 6.20 Å². The molecule has 0 aromatic carbocycles. The smallest absolute Gasteiger partial charge is 0.463 e. The molecule has 4 heterocycles. The summed E-state index contributed by atoms with van der Waals surface area (Å²) in [6, 6.07) is 0. The van der Waals surface area contributed by atoms with Crippen molar-refractivity contribution in [3.63, 3.8) is 0 Å². The summed E-state index contributed by atoms with van der Waals surface area (Å²) >= 11 is 0. The zero-order chi connectivity index (χ0) is 9.65. The second-order valence-electron chi connectivity index (χ2n) is 4.26. The first-order valence-electron chi connectivity index (χ1n) is 4.68. The second-order valence-corrected chi connectivity index (χ2v) is 4.26. The topological polar surface area (TPSA) is 53.7 Å². The zero-order valence-electron chi connectivity index (χ0n) is 7.93. The summed E-state index contributed by atoms with van der Waals surface area (Å²) in [4.78, 5) is 4.02. The summed E-state index contributed by atoms with van der Waals surface area (Å²) in [5.74, 6) is 0.395. The SMILES string of the molecule is CC12CO[B-](c3ncco3)(OC1)OC2. The van der Waals surface area contributed by atoms with Gasteiger partial charge in [0.05, 0.1) is 6.20 Å². The molecule has 0 N–H and O–H groups in total. The fraction of sp³-hybridized carbons (Fsp3) is 0.625. The van der Waals surface area contributed by atoms with Crippen LogP contribution >= 0.6 is 0 Å². The summed E-state index contributed by atoms with van der Waals surface area (Å²) < 4.78 is 21.9. The predicted molar refractivity (Wildman–Crippen MR) is 47.9 cm³/mol. The Hall–Kier alpha value is -0.845. The third kappa shape index (κ3) is 1.05. The molecule has 0 unspecified atom stereocenters. The third-order valence-corrected chi connectivity index (χ3v) is 2.71. The lowest BCUT2D eigenvalue weighted by Gasteiger charge is -2.56. The highest BCUT2D eigenvalue weighted by Crippen LogP contribution is 2.34. The first-order chi connectivity index (χ1) is 6.73. The second kappa shape index (κ2) is 2.59. The molecule has 0 saturated carbocycles. The summed E-state index contributed by atoms with van der Waals surface area (Å²) in [5, 5.41) is 0. The molecular weight excluding hydrogens is 185 g/mol. The van der Waals surface area contributed by atoms with Crippen LogP contribution in [0.3, 0.4) is 0 Å². The third-order valence-electron chi connectivity index (χ3n) is 2.71. The number of rotatable bonds is 1. The number of fused-ring (bicyclic) bond motifs is 3. The van der Waals surface area contributed by atoms with E-state index in [-0.39, 0.29) is 5.41 Å². The van der Waals surface area contributed by atoms with Crippen molar-refractivity contribution in [1.82, 2.24) is 4.98 Å². The molecule has 14 heavy (non-hydrogen) atoms. The fourth-order valence-corrected chi connectivity index (χ4v) is 1.82. The van der Waals surface area contributed by atoms with E-state index in [0.717, 1.165) is 0 Å². The Morgan fingerprint density at radius 1 is 1.29 bits per heavy atom. The maximum Gasteiger partial charge on any atom is 0.463 e. The van der Waals surface area contributed by atoms with Gasteiger partial charge in [0.25, 0.3) is 0 Å². The van der Waals surface area contributed by atoms with Gasteiger partial charge in [-0.25, -0.2) is 0 Å². The van der Waals surface area contributed by atoms with Crippen LogP contribution in [0.15, 0.2) is 16.9 Å². The maximum atomic E-state index is 5.57. The summed E-state index contributed by atoms with van der Waals surface area (Å²) in [6.45, 7) is 2.09. The minimum absolute atomic E-state index is 0.0178. The summed E-state index contributed by atoms with van der Waals surface area (Å²) in [7, 11) is 0. The highest BCUT2D eigenvalue weighted by Gasteiger charge is 2.49. The van der Waals surface area contributed by atoms with Crippen molar-refractivity contribution in [2.24, 2.45) is 5.41 Å². The van der Waals surface area contributed by atoms with Gasteiger partial charge < -0.3 is 18.4 Å². The fourth-order valence-electron chi connectivity index (χ4n) is 1.82. The van der Waals surface area contributed by atoms with Crippen molar-refractivity contribution >= 4 is 12.5 Å². The van der Waals surface area contributed by atoms with Crippen LogP contribution in [0.4, 0.5) is 0 Å². The lowest BCUT2D eigenvalue weighted by atomic mass is 9.71. The predicted octanol–water partition coefficient (Wildman–Crippen LogP) is -0.0962. The molecule has 0 atom stereocenters. The van der Waals surface area contributed by atoms with Crippen molar-refractivity contribution in [2.75, 3.05) is 19.8 Å². The normalized spacial score (nSPS) is 41.5. The monoisotopic (exact) mass is 196 g/mol. The Bertz CT molecular complexity index is 315. The Morgan fingerprint density at radius 3 is 2.43 bits per heavy atom. The number of hydrogen-bond donors (Lipinski definition) is 0. The first kappa shape index (κ1) is 8.46. The highest BCUT2D eigenvalue weighted by atomic mass is 16.8. The lowest BCUT2D eigenvalue weighted by Crippen LogP contribution is -2.69. The minimum Gasteiger partial charge on any atom is -0.537 e. The van der Waals surface area contributed by atoms with Gasteiger partial charge in [-0.05, 0) is 0 Å². The quantitative estimate of drug-likeness (QED) is 0.587. The van der Waals surface area contributed by atoms with E-state index in [1.165, 1.54) is 6.26 Å². The van der Waals surface area contributed by atoms with Gasteiger partial charge in [0, 0.05) is 25.2 Å². The molecule has 5 nitrogen and oxygen atoms in total. The van der Waals surface area contributed by atoms with E-state index < -0.39 is 6.75 Å². The van der Waals surface area contributed by atoms with Gasteiger partial charge in [0.1, 0.15) is 12.1 Å². The molecule has 3 fully saturated rings. The molecule has 0 radical (unpaired) electrons. The Balaban J connectivity index is 1.93. The number of oxazole rings is 1. The first-order valence-corrected chi connectivity index (χ1v) is 4.68. The van der Waals surface area contributed by atoms with E-state index in [1.807, 2.05) is 0 Å². The standard InChI is InChI=1S/C8H11BNO4/c1-8-4-12-9(13-5-8,14-6-8)7-10-2-3-11-7/h2-3H,4-6H2,1H3/q-1. The molecule has 3 aliphatic heterocycles. The number of aromatic nitrogens is 1. The van der Waals surface area contributed by atoms with E-state index in [0.29, 0.717) is 25.6 Å². The van der Waals surface area contributed by atoms with Crippen LogP contribution in [0, 0.1) is 5.41 Å². The van der Waals surface area contributed by atoms with Gasteiger partial charge in [-0.2, -0.15) is 0 Å². The minimum atomic E-state index is -1.89. The molecule has 0 amide bonds. The van der Waals surface area contributed by atoms with Crippen molar-refractivity contribution in [3.05, 3.63) is 12.5 Å². The number of nitrogens with zero attached hydrogens (tertiary/aromatic N) is 1. The molecule has 0 aliphatic carbocycles. The summed E-state index contributed by atoms with van der Waals surface area (Å²) in [6.07, 6.45) is 3.05. The van der Waals surface area contributed by atoms with Crippen LogP contribution in [0.5, 0.6) is 0 Å². The van der Waals surface area contributed by atoms with E-state index in [2.05, 4.69) is 11.9 Å². The van der Waals surface area contributed by atoms with Gasteiger partial charge in [0.15, 0.2) is 0 Å². The van der Waals surface area contributed by atoms with Crippen molar-refractivity contribution < 1.29 is 18.4 Å². The Morgan fingerprint density at radius 2 is 1.93 bits per heavy atom. The van der Waals surface area contributed by atoms with E-state index in [9.17, 15) is 0 Å². The van der Waals surface area contributed by atoms with Crippen molar-refractivity contribution in [2.45, 2.75) is 6.92 Å². The van der Waals surface area contributed by atoms with Crippen molar-refractivity contribution in [1.29, 1.82) is 0 Å². The highest BCUT2D eigenvalue weighted by molar-refractivity contribution is 6.73. The Kier molecular flexibility index (Phi) is 1.57. The van der Waals surface area contributed by atoms with E-state index >= 15 is 0 Å². The van der Waals surface area contributed by atoms with Gasteiger partial charge >= 0.3 is 6.75 Å². The average Bonchev–Trinajstić information content (AvgIpc) is 2.73. The molecule has 1 aromatic rings. The lowest BCUT2D eigenvalue weighted by molar-refractivity contribution is -0.121. The average molecular weight is 196 g/mol. The molecule has 3 aliphatic rings. The Labute approximate surface area is 81.4 Å².